The number of aliphatic hydroxyl groups is 1. The van der Waals surface area contributed by atoms with Crippen molar-refractivity contribution in [3.8, 4) is 0 Å². The topological polar surface area (TPSA) is 49.8 Å². The molecule has 110 valence electrons. The minimum Gasteiger partial charge on any atom is -0.380 e. The van der Waals surface area contributed by atoms with Gasteiger partial charge in [0.1, 0.15) is 0 Å². The van der Waals surface area contributed by atoms with E-state index >= 15 is 0 Å². The summed E-state index contributed by atoms with van der Waals surface area (Å²) in [6.45, 7) is 2.19. The van der Waals surface area contributed by atoms with Crippen molar-refractivity contribution < 1.29 is 27.8 Å². The van der Waals surface area contributed by atoms with Crippen LogP contribution in [0.2, 0.25) is 0 Å². The fourth-order valence-corrected chi connectivity index (χ4v) is 2.67. The average Bonchev–Trinajstić information content (AvgIpc) is 2.74. The van der Waals surface area contributed by atoms with Gasteiger partial charge in [0.15, 0.2) is 5.60 Å². The minimum absolute atomic E-state index is 0.0575. The minimum atomic E-state index is -4.63. The molecule has 2 saturated heterocycles. The molecule has 1 amide bonds. The maximum atomic E-state index is 12.6. The first kappa shape index (κ1) is 14.6. The maximum absolute atomic E-state index is 12.6. The number of alkyl halides is 3. The number of carbonyl (C=O) groups excluding carboxylic acids is 1. The first-order valence-corrected chi connectivity index (χ1v) is 6.44. The summed E-state index contributed by atoms with van der Waals surface area (Å²) in [5, 5.41) is 9.54. The van der Waals surface area contributed by atoms with Crippen LogP contribution < -0.4 is 0 Å². The first-order chi connectivity index (χ1) is 8.74. The van der Waals surface area contributed by atoms with E-state index in [0.29, 0.717) is 13.0 Å². The molecule has 0 aliphatic carbocycles. The first-order valence-electron chi connectivity index (χ1n) is 6.44. The van der Waals surface area contributed by atoms with Gasteiger partial charge in [0.2, 0.25) is 5.91 Å². The number of nitrogens with zero attached hydrogens (tertiary/aromatic N) is 1. The second-order valence-corrected chi connectivity index (χ2v) is 5.33. The predicted octanol–water partition coefficient (Wildman–Crippen LogP) is 1.33. The molecule has 19 heavy (non-hydrogen) atoms. The lowest BCUT2D eigenvalue weighted by molar-refractivity contribution is -0.272. The lowest BCUT2D eigenvalue weighted by Gasteiger charge is -2.40. The lowest BCUT2D eigenvalue weighted by Crippen LogP contribution is -2.55. The zero-order valence-corrected chi connectivity index (χ0v) is 10.7. The van der Waals surface area contributed by atoms with Gasteiger partial charge in [0.05, 0.1) is 12.0 Å². The molecule has 4 nitrogen and oxygen atoms in total. The molecular weight excluding hydrogens is 263 g/mol. The van der Waals surface area contributed by atoms with Gasteiger partial charge in [-0.25, -0.2) is 0 Å². The zero-order valence-electron chi connectivity index (χ0n) is 10.7. The molecular formula is C12H18F3NO3. The van der Waals surface area contributed by atoms with Crippen molar-refractivity contribution in [2.24, 2.45) is 5.92 Å². The average molecular weight is 281 g/mol. The van der Waals surface area contributed by atoms with E-state index in [1.54, 1.807) is 6.92 Å². The van der Waals surface area contributed by atoms with Crippen LogP contribution >= 0.6 is 0 Å². The highest BCUT2D eigenvalue weighted by molar-refractivity contribution is 5.79. The molecule has 2 rings (SSSR count). The van der Waals surface area contributed by atoms with Gasteiger partial charge >= 0.3 is 6.18 Å². The highest BCUT2D eigenvalue weighted by atomic mass is 19.4. The fourth-order valence-electron chi connectivity index (χ4n) is 2.67. The van der Waals surface area contributed by atoms with Crippen molar-refractivity contribution in [3.63, 3.8) is 0 Å². The third-order valence-corrected chi connectivity index (χ3v) is 4.12. The van der Waals surface area contributed by atoms with E-state index in [4.69, 9.17) is 4.74 Å². The largest absolute Gasteiger partial charge is 0.417 e. The van der Waals surface area contributed by atoms with Gasteiger partial charge in [-0.1, -0.05) is 0 Å². The van der Waals surface area contributed by atoms with E-state index in [-0.39, 0.29) is 31.0 Å². The summed E-state index contributed by atoms with van der Waals surface area (Å²) in [4.78, 5) is 13.6. The Morgan fingerprint density at radius 2 is 1.95 bits per heavy atom. The highest BCUT2D eigenvalue weighted by Crippen LogP contribution is 2.38. The van der Waals surface area contributed by atoms with Gasteiger partial charge < -0.3 is 14.7 Å². The molecule has 2 fully saturated rings. The number of piperidine rings is 1. The van der Waals surface area contributed by atoms with Crippen molar-refractivity contribution in [1.29, 1.82) is 0 Å². The molecule has 2 unspecified atom stereocenters. The zero-order chi connectivity index (χ0) is 14.3. The summed E-state index contributed by atoms with van der Waals surface area (Å²) in [6.07, 6.45) is -5.11. The molecule has 2 aliphatic rings. The summed E-state index contributed by atoms with van der Waals surface area (Å²) in [5.41, 5.74) is -2.65. The molecule has 0 bridgehead atoms. The van der Waals surface area contributed by atoms with Gasteiger partial charge in [-0.15, -0.1) is 0 Å². The molecule has 0 spiro atoms. The van der Waals surface area contributed by atoms with Crippen molar-refractivity contribution in [3.05, 3.63) is 0 Å². The Morgan fingerprint density at radius 1 is 1.37 bits per heavy atom. The number of halogens is 3. The van der Waals surface area contributed by atoms with E-state index in [1.807, 2.05) is 0 Å². The van der Waals surface area contributed by atoms with Crippen molar-refractivity contribution in [1.82, 2.24) is 4.90 Å². The SMILES string of the molecule is CC1OCCC1C(=O)N1CCC(O)(C(F)(F)F)CC1. The van der Waals surface area contributed by atoms with Crippen LogP contribution in [0.5, 0.6) is 0 Å². The Labute approximate surface area is 109 Å². The Bertz CT molecular complexity index is 351. The van der Waals surface area contributed by atoms with Crippen LogP contribution in [0.3, 0.4) is 0 Å². The quantitative estimate of drug-likeness (QED) is 0.789. The van der Waals surface area contributed by atoms with E-state index in [0.717, 1.165) is 0 Å². The maximum Gasteiger partial charge on any atom is 0.417 e. The summed E-state index contributed by atoms with van der Waals surface area (Å²) < 4.78 is 43.2. The third-order valence-electron chi connectivity index (χ3n) is 4.12. The second kappa shape index (κ2) is 4.94. The van der Waals surface area contributed by atoms with Crippen LogP contribution in [-0.4, -0.2) is 53.5 Å². The molecule has 0 aromatic carbocycles. The smallest absolute Gasteiger partial charge is 0.380 e. The number of hydrogen-bond acceptors (Lipinski definition) is 3. The summed E-state index contributed by atoms with van der Waals surface area (Å²) in [5.74, 6) is -0.425. The second-order valence-electron chi connectivity index (χ2n) is 5.33. The number of ether oxygens (including phenoxy) is 1. The molecule has 7 heteroatoms. The van der Waals surface area contributed by atoms with E-state index < -0.39 is 24.6 Å². The lowest BCUT2D eigenvalue weighted by atomic mass is 9.89. The van der Waals surface area contributed by atoms with E-state index in [1.165, 1.54) is 4.90 Å². The van der Waals surface area contributed by atoms with Crippen LogP contribution in [-0.2, 0) is 9.53 Å². The summed E-state index contributed by atoms with van der Waals surface area (Å²) >= 11 is 0. The molecule has 1 N–H and O–H groups in total. The molecule has 0 aromatic heterocycles. The van der Waals surface area contributed by atoms with E-state index in [9.17, 15) is 23.1 Å². The number of carbonyl (C=O) groups is 1. The number of likely N-dealkylation sites (tertiary alicyclic amines) is 1. The Balaban J connectivity index is 1.95. The summed E-state index contributed by atoms with van der Waals surface area (Å²) in [7, 11) is 0. The monoisotopic (exact) mass is 281 g/mol. The molecule has 2 atom stereocenters. The van der Waals surface area contributed by atoms with Gasteiger partial charge in [-0.05, 0) is 13.3 Å². The molecule has 2 aliphatic heterocycles. The van der Waals surface area contributed by atoms with Crippen LogP contribution in [0.1, 0.15) is 26.2 Å². The normalized spacial score (nSPS) is 31.5. The van der Waals surface area contributed by atoms with Gasteiger partial charge in [0, 0.05) is 32.5 Å². The Morgan fingerprint density at radius 3 is 2.37 bits per heavy atom. The molecule has 2 heterocycles. The highest BCUT2D eigenvalue weighted by Gasteiger charge is 2.55. The van der Waals surface area contributed by atoms with Crippen LogP contribution in [0.4, 0.5) is 13.2 Å². The third kappa shape index (κ3) is 2.72. The summed E-state index contributed by atoms with van der Waals surface area (Å²) in [6, 6.07) is 0. The van der Waals surface area contributed by atoms with Gasteiger partial charge in [0.25, 0.3) is 0 Å². The van der Waals surface area contributed by atoms with Crippen molar-refractivity contribution >= 4 is 5.91 Å². The number of hydrogen-bond donors (Lipinski definition) is 1. The fraction of sp³-hybridized carbons (Fsp3) is 0.917. The van der Waals surface area contributed by atoms with E-state index in [2.05, 4.69) is 0 Å². The van der Waals surface area contributed by atoms with Crippen molar-refractivity contribution in [2.75, 3.05) is 19.7 Å². The Kier molecular flexibility index (Phi) is 3.79. The molecule has 0 aromatic rings. The van der Waals surface area contributed by atoms with Crippen molar-refractivity contribution in [2.45, 2.75) is 44.1 Å². The van der Waals surface area contributed by atoms with Gasteiger partial charge in [-0.3, -0.25) is 4.79 Å². The van der Waals surface area contributed by atoms with Crippen LogP contribution in [0.25, 0.3) is 0 Å². The molecule has 0 radical (unpaired) electrons. The number of amides is 1. The van der Waals surface area contributed by atoms with Crippen LogP contribution in [0.15, 0.2) is 0 Å². The predicted molar refractivity (Wildman–Crippen MR) is 60.3 cm³/mol. The van der Waals surface area contributed by atoms with Crippen LogP contribution in [0, 0.1) is 5.92 Å². The standard InChI is InChI=1S/C12H18F3NO3/c1-8-9(2-7-19-8)10(17)16-5-3-11(18,4-6-16)12(13,14)15/h8-9,18H,2-7H2,1H3. The number of rotatable bonds is 1. The van der Waals surface area contributed by atoms with Gasteiger partial charge in [-0.2, -0.15) is 13.2 Å². The molecule has 0 saturated carbocycles. The Hall–Kier alpha value is -0.820.